The Morgan fingerprint density at radius 2 is 1.42 bits per heavy atom. The molecule has 0 unspecified atom stereocenters. The lowest BCUT2D eigenvalue weighted by Crippen LogP contribution is -2.32. The summed E-state index contributed by atoms with van der Waals surface area (Å²) >= 11 is 7.00. The van der Waals surface area contributed by atoms with Crippen molar-refractivity contribution in [2.75, 3.05) is 11.4 Å². The van der Waals surface area contributed by atoms with Gasteiger partial charge >= 0.3 is 27.6 Å². The molecule has 0 atom stereocenters. The average Bonchev–Trinajstić information content (AvgIpc) is 3.41. The Kier molecular flexibility index (Phi) is 15.0. The second-order valence-electron chi connectivity index (χ2n) is 12.2. The number of anilines is 1. The van der Waals surface area contributed by atoms with Crippen molar-refractivity contribution in [2.45, 2.75) is 82.6 Å². The number of allylic oxidation sites excluding steroid dienone is 4. The molecule has 0 aromatic heterocycles. The van der Waals surface area contributed by atoms with E-state index in [9.17, 15) is 32.3 Å². The maximum Gasteiger partial charge on any atom is 0.522 e. The summed E-state index contributed by atoms with van der Waals surface area (Å²) in [5.41, 5.74) is -1.01. The predicted octanol–water partition coefficient (Wildman–Crippen LogP) is 8.75. The second-order valence-corrected chi connectivity index (χ2v) is 15.3. The zero-order valence-corrected chi connectivity index (χ0v) is 32.4. The summed E-state index contributed by atoms with van der Waals surface area (Å²) in [6, 6.07) is 13.6. The number of nitrogens with zero attached hydrogens (tertiary/aromatic N) is 2. The van der Waals surface area contributed by atoms with E-state index in [4.69, 9.17) is 22.5 Å². The maximum absolute atomic E-state index is 13.7. The Morgan fingerprint density at radius 3 is 2.02 bits per heavy atom. The van der Waals surface area contributed by atoms with Crippen LogP contribution in [0.4, 0.5) is 18.9 Å². The van der Waals surface area contributed by atoms with Crippen LogP contribution in [-0.2, 0) is 34.1 Å². The van der Waals surface area contributed by atoms with Crippen LogP contribution in [0.25, 0.3) is 5.57 Å². The first kappa shape index (κ1) is 41.9. The molecule has 11 nitrogen and oxygen atoms in total. The normalized spacial score (nSPS) is 15.4. The van der Waals surface area contributed by atoms with E-state index in [1.54, 1.807) is 0 Å². The maximum atomic E-state index is 13.7. The summed E-state index contributed by atoms with van der Waals surface area (Å²) in [5, 5.41) is 0.612. The van der Waals surface area contributed by atoms with Crippen LogP contribution in [0, 0.1) is 0 Å². The van der Waals surface area contributed by atoms with Gasteiger partial charge in [-0.25, -0.2) is 9.59 Å². The van der Waals surface area contributed by atoms with Crippen molar-refractivity contribution in [2.24, 2.45) is 0 Å². The number of fused-ring (bicyclic) bond motifs is 2. The third kappa shape index (κ3) is 11.4. The van der Waals surface area contributed by atoms with E-state index in [1.807, 2.05) is 36.4 Å². The Bertz CT molecular complexity index is 1880. The lowest BCUT2D eigenvalue weighted by Gasteiger charge is -2.37. The highest BCUT2D eigenvalue weighted by Crippen LogP contribution is 2.44. The first-order valence-electron chi connectivity index (χ1n) is 16.8. The summed E-state index contributed by atoms with van der Waals surface area (Å²) in [6.45, 7) is 0.850. The largest absolute Gasteiger partial charge is 0.522 e. The van der Waals surface area contributed by atoms with Crippen LogP contribution in [0.15, 0.2) is 80.9 Å². The second kappa shape index (κ2) is 19.0. The predicted molar refractivity (Wildman–Crippen MR) is 196 cm³/mol. The number of ether oxygens (including phenoxy) is 1. The van der Waals surface area contributed by atoms with Crippen LogP contribution in [0.3, 0.4) is 0 Å². The van der Waals surface area contributed by atoms with Crippen molar-refractivity contribution in [3.63, 3.8) is 0 Å². The third-order valence-electron chi connectivity index (χ3n) is 8.40. The molecule has 286 valence electrons. The van der Waals surface area contributed by atoms with Crippen molar-refractivity contribution in [3.8, 4) is 5.75 Å². The summed E-state index contributed by atoms with van der Waals surface area (Å²) in [7, 11) is -5.84. The molecular formula is C36H37Br2F3N2O9S. The molecule has 3 aliphatic rings. The number of hydrogen-bond acceptors (Lipinski definition) is 9. The van der Waals surface area contributed by atoms with Gasteiger partial charge in [0.05, 0.1) is 14.5 Å². The molecule has 1 aliphatic carbocycles. The molecule has 0 spiro atoms. The van der Waals surface area contributed by atoms with E-state index >= 15 is 0 Å². The molecule has 1 fully saturated rings. The quantitative estimate of drug-likeness (QED) is 0.0488. The lowest BCUT2D eigenvalue weighted by molar-refractivity contribution is -0.197. The highest BCUT2D eigenvalue weighted by Gasteiger charge is 2.44. The summed E-state index contributed by atoms with van der Waals surface area (Å²) in [5.74, 6) is -1.34. The lowest BCUT2D eigenvalue weighted by atomic mass is 9.87. The molecule has 2 aromatic rings. The van der Waals surface area contributed by atoms with Crippen molar-refractivity contribution in [3.05, 3.63) is 86.5 Å². The van der Waals surface area contributed by atoms with Crippen LogP contribution in [0.5, 0.6) is 5.75 Å². The summed E-state index contributed by atoms with van der Waals surface area (Å²) < 4.78 is 64.9. The number of esters is 1. The number of unbranched alkanes of at least 4 members (excludes halogenated alkanes) is 7. The zero-order valence-electron chi connectivity index (χ0n) is 28.4. The average molecular weight is 891 g/mol. The zero-order chi connectivity index (χ0) is 38.8. The van der Waals surface area contributed by atoms with Crippen LogP contribution >= 0.6 is 31.9 Å². The molecule has 0 saturated carbocycles. The first-order valence-corrected chi connectivity index (χ1v) is 19.9. The highest BCUT2D eigenvalue weighted by molar-refractivity contribution is 9.11. The van der Waals surface area contributed by atoms with Crippen LogP contribution in [0.2, 0.25) is 0 Å². The minimum atomic E-state index is -5.84. The number of halogens is 5. The number of carbonyl (C=O) groups is 4. The van der Waals surface area contributed by atoms with Gasteiger partial charge in [0.25, 0.3) is 11.8 Å². The smallest absolute Gasteiger partial charge is 0.420 e. The van der Waals surface area contributed by atoms with E-state index in [0.29, 0.717) is 38.2 Å². The number of rotatable bonds is 14. The van der Waals surface area contributed by atoms with Crippen LogP contribution < -0.4 is 9.64 Å². The fourth-order valence-electron chi connectivity index (χ4n) is 5.85. The Labute approximate surface area is 321 Å². The fraction of sp³-hybridized carbons (Fsp3) is 0.389. The fourth-order valence-corrected chi connectivity index (χ4v) is 7.01. The van der Waals surface area contributed by atoms with Gasteiger partial charge in [-0.2, -0.15) is 21.6 Å². The van der Waals surface area contributed by atoms with Crippen molar-refractivity contribution in [1.29, 1.82) is 0 Å². The standard InChI is InChI=1S/C35H36Br2N2O6.CHF3O3S/c36-26-16-13-17-27(37)34(26)44-35(43)33-24-14-8-10-18-28(24)38(29-19-11-9-15-25(29)33)23-12-6-4-2-1-3-5-7-20-32(42)45-39-30(40)21-22-31(39)41;2-1(3,4)8(5,6)7/h8-11,13-14,16-19H,1-7,12,15,20-23H2;(H,5,6,7). The van der Waals surface area contributed by atoms with Gasteiger partial charge in [-0.15, -0.1) is 5.06 Å². The molecule has 2 amide bonds. The molecule has 0 bridgehead atoms. The minimum Gasteiger partial charge on any atom is -0.420 e. The molecule has 2 aromatic carbocycles. The molecule has 0 radical (unpaired) electrons. The number of alkyl halides is 3. The molecule has 1 N–H and O–H groups in total. The van der Waals surface area contributed by atoms with Gasteiger partial charge in [0.2, 0.25) is 0 Å². The van der Waals surface area contributed by atoms with E-state index in [0.717, 1.165) is 74.0 Å². The van der Waals surface area contributed by atoms with Crippen LogP contribution in [-0.4, -0.2) is 53.8 Å². The minimum absolute atomic E-state index is 0.105. The molecule has 17 heteroatoms. The number of hydrogen-bond donors (Lipinski definition) is 1. The number of imide groups is 1. The van der Waals surface area contributed by atoms with Crippen molar-refractivity contribution >= 4 is 77.0 Å². The number of carbonyl (C=O) groups excluding carboxylic acids is 4. The monoisotopic (exact) mass is 888 g/mol. The molecule has 53 heavy (non-hydrogen) atoms. The number of amides is 2. The number of benzene rings is 2. The Morgan fingerprint density at radius 1 is 0.849 bits per heavy atom. The van der Waals surface area contributed by atoms with Gasteiger partial charge in [0, 0.05) is 42.8 Å². The Balaban J connectivity index is 0.000000703. The van der Waals surface area contributed by atoms with E-state index in [1.165, 1.54) is 0 Å². The van der Waals surface area contributed by atoms with Crippen molar-refractivity contribution < 1.29 is 54.9 Å². The highest BCUT2D eigenvalue weighted by atomic mass is 79.9. The van der Waals surface area contributed by atoms with E-state index in [-0.39, 0.29) is 25.2 Å². The molecule has 2 heterocycles. The number of para-hydroxylation sites is 2. The van der Waals surface area contributed by atoms with Gasteiger partial charge in [-0.05, 0) is 81.0 Å². The van der Waals surface area contributed by atoms with Crippen LogP contribution in [0.1, 0.15) is 82.6 Å². The first-order chi connectivity index (χ1) is 25.1. The van der Waals surface area contributed by atoms with Gasteiger partial charge in [-0.1, -0.05) is 74.9 Å². The number of hydroxylamine groups is 2. The van der Waals surface area contributed by atoms with Gasteiger partial charge in [0.1, 0.15) is 0 Å². The summed E-state index contributed by atoms with van der Waals surface area (Å²) in [4.78, 5) is 56.0. The van der Waals surface area contributed by atoms with Crippen molar-refractivity contribution in [1.82, 2.24) is 5.06 Å². The molecule has 5 rings (SSSR count). The van der Waals surface area contributed by atoms with Gasteiger partial charge in [-0.3, -0.25) is 14.1 Å². The third-order valence-corrected chi connectivity index (χ3v) is 10.2. The SMILES string of the molecule is O=C(CCCCCCCCCCN1C2=CC=CCC2=C(C(=O)Oc2c(Br)cccc2Br)c2ccccc21)ON1C(=O)CCC1=O.O=S(=O)(O)C(F)(F)F. The van der Waals surface area contributed by atoms with Gasteiger partial charge in [0.15, 0.2) is 5.75 Å². The Hall–Kier alpha value is -3.80. The molecular weight excluding hydrogens is 853 g/mol. The summed E-state index contributed by atoms with van der Waals surface area (Å²) in [6.07, 6.45) is 15.3. The van der Waals surface area contributed by atoms with E-state index in [2.05, 4.69) is 61.1 Å². The molecule has 1 saturated heterocycles. The topological polar surface area (TPSA) is 148 Å². The molecule has 2 aliphatic heterocycles. The van der Waals surface area contributed by atoms with Gasteiger partial charge < -0.3 is 14.5 Å². The van der Waals surface area contributed by atoms with E-state index < -0.39 is 33.4 Å².